The SMILES string of the molecule is O=C1c2ccccc2N2C=NCC2C2CCCN12. The van der Waals surface area contributed by atoms with Gasteiger partial charge in [-0.25, -0.2) is 0 Å². The van der Waals surface area contributed by atoms with Crippen LogP contribution in [-0.4, -0.2) is 42.3 Å². The number of hydrogen-bond acceptors (Lipinski definition) is 3. The summed E-state index contributed by atoms with van der Waals surface area (Å²) in [6.45, 7) is 1.70. The van der Waals surface area contributed by atoms with Crippen molar-refractivity contribution in [2.75, 3.05) is 18.0 Å². The van der Waals surface area contributed by atoms with Crippen molar-refractivity contribution in [1.82, 2.24) is 4.90 Å². The highest BCUT2D eigenvalue weighted by atomic mass is 16.2. The van der Waals surface area contributed by atoms with Gasteiger partial charge in [0.15, 0.2) is 0 Å². The normalized spacial score (nSPS) is 29.0. The first-order chi connectivity index (χ1) is 8.86. The molecule has 0 spiro atoms. The summed E-state index contributed by atoms with van der Waals surface area (Å²) in [5.74, 6) is 0.191. The molecule has 0 bridgehead atoms. The Bertz CT molecular complexity index is 540. The standard InChI is InChI=1S/C14H15N3O/c18-14-10-4-1-2-5-11(10)17-9-15-8-13(17)12-6-3-7-16(12)14/h1-2,4-5,9,12-13H,3,6-8H2. The van der Waals surface area contributed by atoms with Crippen molar-refractivity contribution in [2.24, 2.45) is 4.99 Å². The van der Waals surface area contributed by atoms with Crippen LogP contribution in [0, 0.1) is 0 Å². The van der Waals surface area contributed by atoms with Gasteiger partial charge in [-0.15, -0.1) is 0 Å². The van der Waals surface area contributed by atoms with Gasteiger partial charge in [0.05, 0.1) is 36.2 Å². The molecule has 1 aromatic carbocycles. The Morgan fingerprint density at radius 2 is 2.11 bits per heavy atom. The Kier molecular flexibility index (Phi) is 2.01. The highest BCUT2D eigenvalue weighted by Crippen LogP contribution is 2.35. The maximum Gasteiger partial charge on any atom is 0.256 e. The van der Waals surface area contributed by atoms with Crippen molar-refractivity contribution in [2.45, 2.75) is 24.9 Å². The molecule has 92 valence electrons. The van der Waals surface area contributed by atoms with Gasteiger partial charge in [0.1, 0.15) is 0 Å². The summed E-state index contributed by atoms with van der Waals surface area (Å²) in [5.41, 5.74) is 1.84. The molecule has 0 N–H and O–H groups in total. The van der Waals surface area contributed by atoms with E-state index in [-0.39, 0.29) is 5.91 Å². The molecule has 1 aromatic rings. The predicted molar refractivity (Wildman–Crippen MR) is 70.1 cm³/mol. The van der Waals surface area contributed by atoms with Gasteiger partial charge in [-0.2, -0.15) is 0 Å². The molecular formula is C14H15N3O. The third-order valence-corrected chi connectivity index (χ3v) is 4.27. The van der Waals surface area contributed by atoms with Gasteiger partial charge >= 0.3 is 0 Å². The number of aliphatic imine (C=N–C) groups is 1. The first kappa shape index (κ1) is 10.1. The Balaban J connectivity index is 1.91. The average molecular weight is 241 g/mol. The maximum atomic E-state index is 12.6. The molecule has 3 heterocycles. The van der Waals surface area contributed by atoms with Crippen molar-refractivity contribution in [3.8, 4) is 0 Å². The maximum absolute atomic E-state index is 12.6. The number of anilines is 1. The number of carbonyl (C=O) groups is 1. The number of para-hydroxylation sites is 1. The highest BCUT2D eigenvalue weighted by Gasteiger charge is 2.43. The quantitative estimate of drug-likeness (QED) is 0.690. The Morgan fingerprint density at radius 3 is 3.06 bits per heavy atom. The minimum Gasteiger partial charge on any atom is -0.333 e. The molecule has 2 unspecified atom stereocenters. The van der Waals surface area contributed by atoms with Crippen LogP contribution < -0.4 is 4.90 Å². The summed E-state index contributed by atoms with van der Waals surface area (Å²) >= 11 is 0. The summed E-state index contributed by atoms with van der Waals surface area (Å²) in [6, 6.07) is 8.55. The molecule has 1 amide bonds. The minimum absolute atomic E-state index is 0.191. The zero-order valence-corrected chi connectivity index (χ0v) is 10.1. The molecular weight excluding hydrogens is 226 g/mol. The van der Waals surface area contributed by atoms with Gasteiger partial charge in [0.25, 0.3) is 5.91 Å². The number of amides is 1. The van der Waals surface area contributed by atoms with E-state index in [0.717, 1.165) is 37.2 Å². The number of hydrogen-bond donors (Lipinski definition) is 0. The molecule has 0 aromatic heterocycles. The smallest absolute Gasteiger partial charge is 0.256 e. The summed E-state index contributed by atoms with van der Waals surface area (Å²) in [6.07, 6.45) is 4.12. The first-order valence-electron chi connectivity index (χ1n) is 6.54. The molecule has 0 aliphatic carbocycles. The Labute approximate surface area is 106 Å². The van der Waals surface area contributed by atoms with E-state index >= 15 is 0 Å². The van der Waals surface area contributed by atoms with Crippen LogP contribution in [0.4, 0.5) is 5.69 Å². The van der Waals surface area contributed by atoms with Crippen LogP contribution in [0.25, 0.3) is 0 Å². The van der Waals surface area contributed by atoms with Crippen LogP contribution in [0.15, 0.2) is 29.3 Å². The second-order valence-electron chi connectivity index (χ2n) is 5.18. The molecule has 4 rings (SSSR count). The molecule has 3 aliphatic rings. The van der Waals surface area contributed by atoms with Gasteiger partial charge < -0.3 is 9.80 Å². The van der Waals surface area contributed by atoms with Crippen LogP contribution in [0.3, 0.4) is 0 Å². The van der Waals surface area contributed by atoms with Crippen molar-refractivity contribution < 1.29 is 4.79 Å². The van der Waals surface area contributed by atoms with Crippen LogP contribution in [-0.2, 0) is 0 Å². The fourth-order valence-corrected chi connectivity index (χ4v) is 3.44. The number of rotatable bonds is 0. The summed E-state index contributed by atoms with van der Waals surface area (Å²) < 4.78 is 0. The van der Waals surface area contributed by atoms with Crippen molar-refractivity contribution in [3.63, 3.8) is 0 Å². The topological polar surface area (TPSA) is 35.9 Å². The van der Waals surface area contributed by atoms with Crippen molar-refractivity contribution >= 4 is 17.9 Å². The molecule has 4 nitrogen and oxygen atoms in total. The number of carbonyl (C=O) groups excluding carboxylic acids is 1. The monoisotopic (exact) mass is 241 g/mol. The molecule has 1 fully saturated rings. The lowest BCUT2D eigenvalue weighted by Gasteiger charge is -2.30. The van der Waals surface area contributed by atoms with E-state index in [1.165, 1.54) is 0 Å². The number of benzene rings is 1. The van der Waals surface area contributed by atoms with Crippen molar-refractivity contribution in [3.05, 3.63) is 29.8 Å². The van der Waals surface area contributed by atoms with E-state index < -0.39 is 0 Å². The summed E-state index contributed by atoms with van der Waals surface area (Å²) in [7, 11) is 0. The zero-order valence-electron chi connectivity index (χ0n) is 10.1. The fraction of sp³-hybridized carbons (Fsp3) is 0.429. The predicted octanol–water partition coefficient (Wildman–Crippen LogP) is 1.52. The van der Waals surface area contributed by atoms with Gasteiger partial charge in [0.2, 0.25) is 0 Å². The third-order valence-electron chi connectivity index (χ3n) is 4.27. The molecule has 4 heteroatoms. The Morgan fingerprint density at radius 1 is 1.22 bits per heavy atom. The molecule has 2 atom stereocenters. The highest BCUT2D eigenvalue weighted by molar-refractivity contribution is 6.04. The van der Waals surface area contributed by atoms with E-state index in [1.807, 2.05) is 30.6 Å². The molecule has 3 aliphatic heterocycles. The molecule has 0 radical (unpaired) electrons. The van der Waals surface area contributed by atoms with Crippen molar-refractivity contribution in [1.29, 1.82) is 0 Å². The molecule has 0 saturated carbocycles. The average Bonchev–Trinajstić information content (AvgIpc) is 3.04. The van der Waals surface area contributed by atoms with E-state index in [2.05, 4.69) is 14.8 Å². The van der Waals surface area contributed by atoms with Gasteiger partial charge in [-0.1, -0.05) is 12.1 Å². The zero-order chi connectivity index (χ0) is 12.1. The molecule has 1 saturated heterocycles. The van der Waals surface area contributed by atoms with Gasteiger partial charge in [0, 0.05) is 6.54 Å². The van der Waals surface area contributed by atoms with E-state index in [4.69, 9.17) is 0 Å². The molecule has 18 heavy (non-hydrogen) atoms. The van der Waals surface area contributed by atoms with Gasteiger partial charge in [-0.3, -0.25) is 9.79 Å². The lowest BCUT2D eigenvalue weighted by molar-refractivity contribution is 0.0732. The third kappa shape index (κ3) is 1.20. The largest absolute Gasteiger partial charge is 0.333 e. The second-order valence-corrected chi connectivity index (χ2v) is 5.18. The van der Waals surface area contributed by atoms with Gasteiger partial charge in [-0.05, 0) is 25.0 Å². The van der Waals surface area contributed by atoms with Crippen LogP contribution in [0.1, 0.15) is 23.2 Å². The number of fused-ring (bicyclic) bond motifs is 5. The summed E-state index contributed by atoms with van der Waals surface area (Å²) in [4.78, 5) is 21.3. The van der Waals surface area contributed by atoms with Crippen LogP contribution in [0.5, 0.6) is 0 Å². The van der Waals surface area contributed by atoms with Crippen LogP contribution in [0.2, 0.25) is 0 Å². The van der Waals surface area contributed by atoms with E-state index in [1.54, 1.807) is 0 Å². The Hall–Kier alpha value is -1.84. The minimum atomic E-state index is 0.191. The first-order valence-corrected chi connectivity index (χ1v) is 6.54. The van der Waals surface area contributed by atoms with E-state index in [0.29, 0.717) is 12.1 Å². The second kappa shape index (κ2) is 3.57. The summed E-state index contributed by atoms with van der Waals surface area (Å²) in [5, 5.41) is 0. The lowest BCUT2D eigenvalue weighted by atomic mass is 10.1. The number of nitrogens with zero attached hydrogens (tertiary/aromatic N) is 3. The van der Waals surface area contributed by atoms with Crippen LogP contribution >= 0.6 is 0 Å². The van der Waals surface area contributed by atoms with E-state index in [9.17, 15) is 4.79 Å². The fourth-order valence-electron chi connectivity index (χ4n) is 3.44. The lowest BCUT2D eigenvalue weighted by Crippen LogP contribution is -2.47.